The highest BCUT2D eigenvalue weighted by atomic mass is 35.5. The van der Waals surface area contributed by atoms with Crippen LogP contribution in [0.3, 0.4) is 0 Å². The lowest BCUT2D eigenvalue weighted by Gasteiger charge is -2.36. The summed E-state index contributed by atoms with van der Waals surface area (Å²) in [5.74, 6) is 1.97. The number of hydrogen-bond donors (Lipinski definition) is 1. The van der Waals surface area contributed by atoms with Gasteiger partial charge < -0.3 is 10.2 Å². The van der Waals surface area contributed by atoms with Gasteiger partial charge in [0.2, 0.25) is 5.91 Å². The second kappa shape index (κ2) is 8.40. The van der Waals surface area contributed by atoms with Crippen molar-refractivity contribution in [2.75, 3.05) is 37.6 Å². The third-order valence-electron chi connectivity index (χ3n) is 6.66. The molecule has 2 saturated carbocycles. The molecule has 3 fully saturated rings. The Labute approximate surface area is 168 Å². The predicted molar refractivity (Wildman–Crippen MR) is 111 cm³/mol. The number of benzene rings is 1. The summed E-state index contributed by atoms with van der Waals surface area (Å²) in [6.07, 6.45) is 5.92. The quantitative estimate of drug-likeness (QED) is 0.832. The lowest BCUT2D eigenvalue weighted by atomic mass is 9.87. The van der Waals surface area contributed by atoms with Crippen LogP contribution in [0.4, 0.5) is 5.69 Å². The van der Waals surface area contributed by atoms with Crippen molar-refractivity contribution >= 4 is 23.2 Å². The van der Waals surface area contributed by atoms with Crippen molar-refractivity contribution < 1.29 is 4.79 Å². The normalized spacial score (nSPS) is 31.6. The van der Waals surface area contributed by atoms with E-state index in [9.17, 15) is 4.79 Å². The molecule has 2 atom stereocenters. The molecule has 0 radical (unpaired) electrons. The number of nitrogens with one attached hydrogen (secondary N) is 1. The molecule has 1 saturated heterocycles. The van der Waals surface area contributed by atoms with E-state index in [1.165, 1.54) is 18.5 Å². The third kappa shape index (κ3) is 4.97. The van der Waals surface area contributed by atoms with E-state index >= 15 is 0 Å². The maximum Gasteiger partial charge on any atom is 0.223 e. The van der Waals surface area contributed by atoms with Crippen molar-refractivity contribution in [3.05, 3.63) is 29.3 Å². The Bertz CT molecular complexity index is 651. The summed E-state index contributed by atoms with van der Waals surface area (Å²) in [5.41, 5.74) is 1.22. The Hall–Kier alpha value is -1.26. The fraction of sp³-hybridized carbons (Fsp3) is 0.682. The molecule has 1 amide bonds. The zero-order chi connectivity index (χ0) is 18.8. The number of amides is 1. The molecular weight excluding hydrogens is 358 g/mol. The first-order chi connectivity index (χ1) is 13.1. The van der Waals surface area contributed by atoms with Crippen LogP contribution < -0.4 is 10.2 Å². The van der Waals surface area contributed by atoms with Gasteiger partial charge in [0.15, 0.2) is 0 Å². The first-order valence-corrected chi connectivity index (χ1v) is 11.0. The van der Waals surface area contributed by atoms with E-state index in [0.29, 0.717) is 17.9 Å². The van der Waals surface area contributed by atoms with E-state index in [4.69, 9.17) is 11.6 Å². The van der Waals surface area contributed by atoms with Crippen molar-refractivity contribution in [1.29, 1.82) is 0 Å². The van der Waals surface area contributed by atoms with Crippen molar-refractivity contribution in [3.8, 4) is 0 Å². The van der Waals surface area contributed by atoms with Gasteiger partial charge in [0.05, 0.1) is 0 Å². The van der Waals surface area contributed by atoms with Crippen molar-refractivity contribution in [2.24, 2.45) is 17.8 Å². The van der Waals surface area contributed by atoms with Gasteiger partial charge in [-0.25, -0.2) is 0 Å². The van der Waals surface area contributed by atoms with Gasteiger partial charge in [-0.3, -0.25) is 9.69 Å². The van der Waals surface area contributed by atoms with Gasteiger partial charge in [0.1, 0.15) is 0 Å². The van der Waals surface area contributed by atoms with Crippen LogP contribution in [0.5, 0.6) is 0 Å². The number of piperazine rings is 1. The smallest absolute Gasteiger partial charge is 0.223 e. The molecular formula is C22H32ClN3O. The van der Waals surface area contributed by atoms with Crippen LogP contribution in [0.15, 0.2) is 24.3 Å². The summed E-state index contributed by atoms with van der Waals surface area (Å²) >= 11 is 6.12. The molecule has 4 rings (SSSR count). The first kappa shape index (κ1) is 19.1. The average molecular weight is 390 g/mol. The van der Waals surface area contributed by atoms with E-state index < -0.39 is 0 Å². The van der Waals surface area contributed by atoms with Crippen LogP contribution in [-0.2, 0) is 4.79 Å². The topological polar surface area (TPSA) is 35.6 Å². The number of carbonyl (C=O) groups is 1. The van der Waals surface area contributed by atoms with Gasteiger partial charge in [-0.1, -0.05) is 24.6 Å². The van der Waals surface area contributed by atoms with Crippen molar-refractivity contribution in [3.63, 3.8) is 0 Å². The predicted octanol–water partition coefficient (Wildman–Crippen LogP) is 3.79. The molecule has 0 aromatic heterocycles. The fourth-order valence-corrected chi connectivity index (χ4v) is 4.86. The molecule has 1 aliphatic heterocycles. The number of nitrogens with zero attached hydrogens (tertiary/aromatic N) is 2. The molecule has 0 spiro atoms. The molecule has 27 heavy (non-hydrogen) atoms. The van der Waals surface area contributed by atoms with Crippen LogP contribution in [0.1, 0.15) is 39.0 Å². The Morgan fingerprint density at radius 3 is 2.59 bits per heavy atom. The van der Waals surface area contributed by atoms with E-state index in [-0.39, 0.29) is 5.92 Å². The Kier molecular flexibility index (Phi) is 5.93. The molecule has 1 N–H and O–H groups in total. The lowest BCUT2D eigenvalue weighted by Crippen LogP contribution is -2.47. The largest absolute Gasteiger partial charge is 0.369 e. The summed E-state index contributed by atoms with van der Waals surface area (Å²) in [4.78, 5) is 17.5. The van der Waals surface area contributed by atoms with E-state index in [1.54, 1.807) is 0 Å². The van der Waals surface area contributed by atoms with Gasteiger partial charge in [0.25, 0.3) is 0 Å². The first-order valence-electron chi connectivity index (χ1n) is 10.6. The second-order valence-corrected chi connectivity index (χ2v) is 9.27. The molecule has 5 heteroatoms. The molecule has 148 valence electrons. The molecule has 2 unspecified atom stereocenters. The monoisotopic (exact) mass is 389 g/mol. The number of rotatable bonds is 5. The van der Waals surface area contributed by atoms with Gasteiger partial charge >= 0.3 is 0 Å². The van der Waals surface area contributed by atoms with E-state index in [0.717, 1.165) is 62.9 Å². The average Bonchev–Trinajstić information content (AvgIpc) is 3.43. The fourth-order valence-electron chi connectivity index (χ4n) is 4.68. The number of carbonyl (C=O) groups excluding carboxylic acids is 1. The summed E-state index contributed by atoms with van der Waals surface area (Å²) in [7, 11) is 0. The minimum Gasteiger partial charge on any atom is -0.369 e. The molecule has 1 aromatic rings. The number of anilines is 1. The number of hydrogen-bond acceptors (Lipinski definition) is 3. The zero-order valence-corrected chi connectivity index (χ0v) is 17.1. The van der Waals surface area contributed by atoms with Gasteiger partial charge in [0, 0.05) is 55.4 Å². The molecule has 3 aliphatic rings. The summed E-state index contributed by atoms with van der Waals surface area (Å²) < 4.78 is 0. The van der Waals surface area contributed by atoms with Crippen LogP contribution in [0.25, 0.3) is 0 Å². The minimum absolute atomic E-state index is 0.260. The second-order valence-electron chi connectivity index (χ2n) is 8.84. The Morgan fingerprint density at radius 1 is 1.15 bits per heavy atom. The van der Waals surface area contributed by atoms with Crippen molar-refractivity contribution in [2.45, 2.75) is 45.1 Å². The number of halogens is 1. The van der Waals surface area contributed by atoms with Gasteiger partial charge in [-0.2, -0.15) is 0 Å². The van der Waals surface area contributed by atoms with E-state index in [2.05, 4.69) is 28.1 Å². The van der Waals surface area contributed by atoms with Gasteiger partial charge in [-0.15, -0.1) is 0 Å². The maximum atomic E-state index is 12.5. The molecule has 2 aliphatic carbocycles. The summed E-state index contributed by atoms with van der Waals surface area (Å²) in [6.45, 7) is 7.59. The summed E-state index contributed by atoms with van der Waals surface area (Å²) in [6, 6.07) is 8.55. The van der Waals surface area contributed by atoms with E-state index in [1.807, 2.05) is 18.2 Å². The lowest BCUT2D eigenvalue weighted by molar-refractivity contribution is -0.123. The summed E-state index contributed by atoms with van der Waals surface area (Å²) in [5, 5.41) is 4.12. The molecule has 4 nitrogen and oxygen atoms in total. The van der Waals surface area contributed by atoms with Crippen LogP contribution in [0.2, 0.25) is 5.02 Å². The van der Waals surface area contributed by atoms with Crippen LogP contribution in [-0.4, -0.2) is 49.6 Å². The third-order valence-corrected chi connectivity index (χ3v) is 6.90. The Balaban J connectivity index is 1.18. The molecule has 1 aromatic carbocycles. The van der Waals surface area contributed by atoms with Crippen LogP contribution in [0, 0.1) is 17.8 Å². The standard InChI is InChI=1S/C22H32ClN3O/c1-16-5-7-19(8-6-16)24-22(27)21-13-17(21)15-25-9-11-26(12-10-25)20-4-2-3-18(23)14-20/h2-4,14,16-17,19,21H,5-13,15H2,1H3,(H,24,27). The highest BCUT2D eigenvalue weighted by Crippen LogP contribution is 2.40. The highest BCUT2D eigenvalue weighted by molar-refractivity contribution is 6.30. The maximum absolute atomic E-state index is 12.5. The Morgan fingerprint density at radius 2 is 1.89 bits per heavy atom. The minimum atomic E-state index is 0.260. The zero-order valence-electron chi connectivity index (χ0n) is 16.4. The SMILES string of the molecule is CC1CCC(NC(=O)C2CC2CN2CCN(c3cccc(Cl)c3)CC2)CC1. The van der Waals surface area contributed by atoms with Gasteiger partial charge in [-0.05, 0) is 62.1 Å². The highest BCUT2D eigenvalue weighted by Gasteiger charge is 2.44. The molecule has 0 bridgehead atoms. The molecule has 1 heterocycles. The van der Waals surface area contributed by atoms with Crippen LogP contribution >= 0.6 is 11.6 Å². The van der Waals surface area contributed by atoms with Crippen molar-refractivity contribution in [1.82, 2.24) is 10.2 Å².